The molecule has 0 radical (unpaired) electrons. The SMILES string of the molecule is O=C(NCC1CCN(c2ncnc3[nH]ccc23)CC1)[C@H](O)[C@@H](O)C(=O)N1Cc2ccccc2C1. The second-order valence-corrected chi connectivity index (χ2v) is 8.97. The highest BCUT2D eigenvalue weighted by Gasteiger charge is 2.35. The summed E-state index contributed by atoms with van der Waals surface area (Å²) in [5.74, 6) is -0.246. The summed E-state index contributed by atoms with van der Waals surface area (Å²) in [5.41, 5.74) is 2.82. The summed E-state index contributed by atoms with van der Waals surface area (Å²) >= 11 is 0. The van der Waals surface area contributed by atoms with Crippen LogP contribution in [-0.2, 0) is 22.7 Å². The molecule has 178 valence electrons. The highest BCUT2D eigenvalue weighted by atomic mass is 16.3. The van der Waals surface area contributed by atoms with E-state index in [0.717, 1.165) is 53.9 Å². The molecule has 2 aliphatic rings. The van der Waals surface area contributed by atoms with Crippen molar-refractivity contribution in [2.45, 2.75) is 38.1 Å². The van der Waals surface area contributed by atoms with Crippen LogP contribution in [0.25, 0.3) is 11.0 Å². The number of fused-ring (bicyclic) bond motifs is 2. The van der Waals surface area contributed by atoms with Gasteiger partial charge < -0.3 is 30.3 Å². The first kappa shape index (κ1) is 22.3. The number of aliphatic hydroxyl groups excluding tert-OH is 2. The predicted molar refractivity (Wildman–Crippen MR) is 125 cm³/mol. The van der Waals surface area contributed by atoms with Crippen molar-refractivity contribution in [2.75, 3.05) is 24.5 Å². The minimum Gasteiger partial charge on any atom is -0.380 e. The van der Waals surface area contributed by atoms with E-state index in [1.54, 1.807) is 6.33 Å². The Balaban J connectivity index is 1.09. The molecule has 10 nitrogen and oxygen atoms in total. The van der Waals surface area contributed by atoms with Gasteiger partial charge in [0.2, 0.25) is 0 Å². The van der Waals surface area contributed by atoms with Crippen molar-refractivity contribution in [2.24, 2.45) is 5.92 Å². The van der Waals surface area contributed by atoms with Crippen molar-refractivity contribution in [3.63, 3.8) is 0 Å². The Hall–Kier alpha value is -3.50. The predicted octanol–water partition coefficient (Wildman–Crippen LogP) is 0.555. The Labute approximate surface area is 196 Å². The van der Waals surface area contributed by atoms with Crippen molar-refractivity contribution in [1.82, 2.24) is 25.2 Å². The van der Waals surface area contributed by atoms with Crippen LogP contribution in [0.3, 0.4) is 0 Å². The largest absolute Gasteiger partial charge is 0.380 e. The number of amides is 2. The zero-order valence-corrected chi connectivity index (χ0v) is 18.7. The summed E-state index contributed by atoms with van der Waals surface area (Å²) in [6, 6.07) is 9.60. The van der Waals surface area contributed by atoms with Gasteiger partial charge in [-0.2, -0.15) is 0 Å². The Morgan fingerprint density at radius 3 is 2.47 bits per heavy atom. The van der Waals surface area contributed by atoms with Crippen LogP contribution in [0.2, 0.25) is 0 Å². The molecule has 3 aromatic rings. The maximum Gasteiger partial charge on any atom is 0.255 e. The van der Waals surface area contributed by atoms with Crippen molar-refractivity contribution in [3.05, 3.63) is 54.0 Å². The third-order valence-electron chi connectivity index (χ3n) is 6.79. The number of aliphatic hydroxyl groups is 2. The van der Waals surface area contributed by atoms with Gasteiger partial charge in [0.25, 0.3) is 11.8 Å². The molecular weight excluding hydrogens is 436 g/mol. The van der Waals surface area contributed by atoms with Crippen LogP contribution in [0.5, 0.6) is 0 Å². The zero-order chi connectivity index (χ0) is 23.7. The maximum absolute atomic E-state index is 12.6. The molecule has 2 aromatic heterocycles. The lowest BCUT2D eigenvalue weighted by Crippen LogP contribution is -2.50. The van der Waals surface area contributed by atoms with Gasteiger partial charge in [0.1, 0.15) is 17.8 Å². The molecular formula is C24H28N6O4. The van der Waals surface area contributed by atoms with Crippen LogP contribution in [-0.4, -0.2) is 73.7 Å². The van der Waals surface area contributed by atoms with Crippen molar-refractivity contribution >= 4 is 28.7 Å². The van der Waals surface area contributed by atoms with Gasteiger partial charge in [-0.3, -0.25) is 9.59 Å². The standard InChI is InChI=1S/C24H28N6O4/c31-19(20(32)24(34)30-12-16-3-1-2-4-17(16)13-30)23(33)26-11-15-6-9-29(10-7-15)22-18-5-8-25-21(18)27-14-28-22/h1-5,8,14-15,19-20,31-32H,6-7,9-13H2,(H,26,33)(H,25,27,28)/t19-,20-/m1/s1. The van der Waals surface area contributed by atoms with Gasteiger partial charge in [-0.1, -0.05) is 24.3 Å². The van der Waals surface area contributed by atoms with Crippen molar-refractivity contribution < 1.29 is 19.8 Å². The number of anilines is 1. The Morgan fingerprint density at radius 1 is 1.06 bits per heavy atom. The first-order valence-electron chi connectivity index (χ1n) is 11.5. The number of H-pyrrole nitrogens is 1. The van der Waals surface area contributed by atoms with Crippen LogP contribution < -0.4 is 10.2 Å². The summed E-state index contributed by atoms with van der Waals surface area (Å²) in [6.07, 6.45) is 1.49. The molecule has 0 unspecified atom stereocenters. The third-order valence-corrected chi connectivity index (χ3v) is 6.79. The van der Waals surface area contributed by atoms with E-state index < -0.39 is 24.0 Å². The number of rotatable bonds is 6. The van der Waals surface area contributed by atoms with Crippen LogP contribution in [0, 0.1) is 5.92 Å². The fourth-order valence-corrected chi connectivity index (χ4v) is 4.76. The number of carbonyl (C=O) groups is 2. The Kier molecular flexibility index (Phi) is 6.16. The molecule has 2 atom stereocenters. The lowest BCUT2D eigenvalue weighted by molar-refractivity contribution is -0.153. The van der Waals surface area contributed by atoms with E-state index in [9.17, 15) is 19.8 Å². The van der Waals surface area contributed by atoms with Gasteiger partial charge in [-0.05, 0) is 36.0 Å². The van der Waals surface area contributed by atoms with Crippen LogP contribution >= 0.6 is 0 Å². The summed E-state index contributed by atoms with van der Waals surface area (Å²) < 4.78 is 0. The second kappa shape index (κ2) is 9.40. The number of benzene rings is 1. The molecule has 0 saturated carbocycles. The first-order chi connectivity index (χ1) is 16.5. The number of piperidine rings is 1. The molecule has 1 saturated heterocycles. The summed E-state index contributed by atoms with van der Waals surface area (Å²) in [4.78, 5) is 40.5. The lowest BCUT2D eigenvalue weighted by atomic mass is 9.96. The minimum absolute atomic E-state index is 0.233. The fourth-order valence-electron chi connectivity index (χ4n) is 4.76. The molecule has 0 bridgehead atoms. The average molecular weight is 465 g/mol. The zero-order valence-electron chi connectivity index (χ0n) is 18.7. The number of carbonyl (C=O) groups excluding carboxylic acids is 2. The molecule has 1 fully saturated rings. The number of aromatic amines is 1. The van der Waals surface area contributed by atoms with Gasteiger partial charge in [-0.15, -0.1) is 0 Å². The molecule has 34 heavy (non-hydrogen) atoms. The Morgan fingerprint density at radius 2 is 1.76 bits per heavy atom. The van der Waals surface area contributed by atoms with E-state index in [2.05, 4.69) is 25.2 Å². The van der Waals surface area contributed by atoms with E-state index in [-0.39, 0.29) is 5.92 Å². The summed E-state index contributed by atoms with van der Waals surface area (Å²) in [7, 11) is 0. The number of hydrogen-bond donors (Lipinski definition) is 4. The maximum atomic E-state index is 12.6. The van der Waals surface area contributed by atoms with Crippen LogP contribution in [0.4, 0.5) is 5.82 Å². The highest BCUT2D eigenvalue weighted by Crippen LogP contribution is 2.27. The van der Waals surface area contributed by atoms with Crippen molar-refractivity contribution in [3.8, 4) is 0 Å². The second-order valence-electron chi connectivity index (χ2n) is 8.97. The van der Waals surface area contributed by atoms with Gasteiger partial charge in [0.05, 0.1) is 5.39 Å². The molecule has 0 spiro atoms. The van der Waals surface area contributed by atoms with E-state index in [4.69, 9.17) is 0 Å². The lowest BCUT2D eigenvalue weighted by Gasteiger charge is -2.33. The number of nitrogens with one attached hydrogen (secondary N) is 2. The van der Waals surface area contributed by atoms with E-state index in [1.165, 1.54) is 4.90 Å². The molecule has 4 heterocycles. The summed E-state index contributed by atoms with van der Waals surface area (Å²) in [5, 5.41) is 24.3. The normalized spacial score (nSPS) is 18.1. The smallest absolute Gasteiger partial charge is 0.255 e. The first-order valence-corrected chi connectivity index (χ1v) is 11.5. The van der Waals surface area contributed by atoms with E-state index >= 15 is 0 Å². The van der Waals surface area contributed by atoms with E-state index in [0.29, 0.717) is 19.6 Å². The van der Waals surface area contributed by atoms with Gasteiger partial charge >= 0.3 is 0 Å². The van der Waals surface area contributed by atoms with E-state index in [1.807, 2.05) is 36.5 Å². The third kappa shape index (κ3) is 4.34. The minimum atomic E-state index is -1.81. The molecule has 2 amide bonds. The van der Waals surface area contributed by atoms with Gasteiger partial charge in [0.15, 0.2) is 12.2 Å². The average Bonchev–Trinajstić information content (AvgIpc) is 3.53. The number of nitrogens with zero attached hydrogens (tertiary/aromatic N) is 4. The van der Waals surface area contributed by atoms with Gasteiger partial charge in [-0.25, -0.2) is 9.97 Å². The molecule has 5 rings (SSSR count). The molecule has 4 N–H and O–H groups in total. The molecule has 0 aliphatic carbocycles. The number of hydrogen-bond acceptors (Lipinski definition) is 7. The topological polar surface area (TPSA) is 135 Å². The quantitative estimate of drug-likeness (QED) is 0.419. The highest BCUT2D eigenvalue weighted by molar-refractivity contribution is 5.91. The van der Waals surface area contributed by atoms with Crippen LogP contribution in [0.15, 0.2) is 42.9 Å². The number of aromatic nitrogens is 3. The summed E-state index contributed by atoms with van der Waals surface area (Å²) in [6.45, 7) is 2.68. The Bertz CT molecular complexity index is 1160. The molecule has 1 aromatic carbocycles. The van der Waals surface area contributed by atoms with Crippen molar-refractivity contribution in [1.29, 1.82) is 0 Å². The van der Waals surface area contributed by atoms with Gasteiger partial charge in [0, 0.05) is 38.9 Å². The molecule has 2 aliphatic heterocycles. The van der Waals surface area contributed by atoms with Crippen LogP contribution in [0.1, 0.15) is 24.0 Å². The monoisotopic (exact) mass is 464 g/mol. The molecule has 10 heteroatoms. The fraction of sp³-hybridized carbons (Fsp3) is 0.417.